The second-order valence-electron chi connectivity index (χ2n) is 4.72. The molecule has 96 valence electrons. The Morgan fingerprint density at radius 3 is 2.78 bits per heavy atom. The third-order valence-electron chi connectivity index (χ3n) is 2.86. The fourth-order valence-corrected chi connectivity index (χ4v) is 1.71. The van der Waals surface area contributed by atoms with Gasteiger partial charge in [0.15, 0.2) is 0 Å². The fourth-order valence-electron chi connectivity index (χ4n) is 1.71. The van der Waals surface area contributed by atoms with Crippen molar-refractivity contribution in [3.05, 3.63) is 35.4 Å². The number of benzene rings is 1. The number of carbonyl (C=O) groups excluding carboxylic acids is 2. The van der Waals surface area contributed by atoms with Crippen molar-refractivity contribution in [3.63, 3.8) is 0 Å². The lowest BCUT2D eigenvalue weighted by molar-refractivity contribution is -0.121. The molecule has 18 heavy (non-hydrogen) atoms. The number of hydrogen-bond donors (Lipinski definition) is 2. The Labute approximate surface area is 107 Å². The second-order valence-corrected chi connectivity index (χ2v) is 4.72. The first-order valence-electron chi connectivity index (χ1n) is 6.29. The first-order chi connectivity index (χ1) is 8.65. The van der Waals surface area contributed by atoms with E-state index in [-0.39, 0.29) is 11.8 Å². The summed E-state index contributed by atoms with van der Waals surface area (Å²) in [6.07, 6.45) is 2.51. The van der Waals surface area contributed by atoms with Gasteiger partial charge in [-0.15, -0.1) is 0 Å². The zero-order valence-corrected chi connectivity index (χ0v) is 10.5. The molecule has 1 aromatic rings. The van der Waals surface area contributed by atoms with E-state index in [0.717, 1.165) is 18.4 Å². The van der Waals surface area contributed by atoms with Crippen LogP contribution in [-0.4, -0.2) is 24.4 Å². The third kappa shape index (κ3) is 3.87. The lowest BCUT2D eigenvalue weighted by atomic mass is 10.1. The average molecular weight is 246 g/mol. The predicted molar refractivity (Wildman–Crippen MR) is 69.3 cm³/mol. The zero-order valence-electron chi connectivity index (χ0n) is 10.5. The molecule has 0 radical (unpaired) electrons. The fraction of sp³-hybridized carbons (Fsp3) is 0.429. The number of amides is 2. The SMILES string of the molecule is Cc1cccc(C(=O)NCCC(=O)NC2CC2)c1. The van der Waals surface area contributed by atoms with Crippen LogP contribution < -0.4 is 10.6 Å². The highest BCUT2D eigenvalue weighted by atomic mass is 16.2. The van der Waals surface area contributed by atoms with E-state index in [1.807, 2.05) is 25.1 Å². The van der Waals surface area contributed by atoms with Gasteiger partial charge in [-0.1, -0.05) is 17.7 Å². The molecule has 1 fully saturated rings. The zero-order chi connectivity index (χ0) is 13.0. The summed E-state index contributed by atoms with van der Waals surface area (Å²) in [5.41, 5.74) is 1.69. The lowest BCUT2D eigenvalue weighted by Crippen LogP contribution is -2.31. The second kappa shape index (κ2) is 5.67. The summed E-state index contributed by atoms with van der Waals surface area (Å²) in [4.78, 5) is 23.2. The highest BCUT2D eigenvalue weighted by Gasteiger charge is 2.22. The Morgan fingerprint density at radius 2 is 2.11 bits per heavy atom. The molecule has 4 heteroatoms. The number of hydrogen-bond acceptors (Lipinski definition) is 2. The maximum atomic E-state index is 11.8. The van der Waals surface area contributed by atoms with Gasteiger partial charge in [0.1, 0.15) is 0 Å². The standard InChI is InChI=1S/C14H18N2O2/c1-10-3-2-4-11(9-10)14(18)15-8-7-13(17)16-12-5-6-12/h2-4,9,12H,5-8H2,1H3,(H,15,18)(H,16,17). The molecule has 1 aromatic carbocycles. The van der Waals surface area contributed by atoms with Crippen LogP contribution in [0.1, 0.15) is 35.2 Å². The maximum absolute atomic E-state index is 11.8. The van der Waals surface area contributed by atoms with Gasteiger partial charge < -0.3 is 10.6 Å². The Bertz CT molecular complexity index is 453. The molecule has 0 saturated heterocycles. The van der Waals surface area contributed by atoms with Gasteiger partial charge in [-0.25, -0.2) is 0 Å². The van der Waals surface area contributed by atoms with Gasteiger partial charge in [0.25, 0.3) is 5.91 Å². The molecule has 0 spiro atoms. The van der Waals surface area contributed by atoms with Crippen molar-refractivity contribution in [1.29, 1.82) is 0 Å². The molecule has 0 atom stereocenters. The highest BCUT2D eigenvalue weighted by Crippen LogP contribution is 2.18. The summed E-state index contributed by atoms with van der Waals surface area (Å²) >= 11 is 0. The summed E-state index contributed by atoms with van der Waals surface area (Å²) in [5, 5.41) is 5.64. The molecule has 1 aliphatic carbocycles. The van der Waals surface area contributed by atoms with Gasteiger partial charge in [0, 0.05) is 24.6 Å². The van der Waals surface area contributed by atoms with Gasteiger partial charge >= 0.3 is 0 Å². The average Bonchev–Trinajstić information content (AvgIpc) is 3.12. The Balaban J connectivity index is 1.72. The number of aryl methyl sites for hydroxylation is 1. The Kier molecular flexibility index (Phi) is 3.97. The smallest absolute Gasteiger partial charge is 0.251 e. The number of rotatable bonds is 5. The van der Waals surface area contributed by atoms with E-state index < -0.39 is 0 Å². The van der Waals surface area contributed by atoms with E-state index >= 15 is 0 Å². The van der Waals surface area contributed by atoms with Crippen molar-refractivity contribution in [3.8, 4) is 0 Å². The van der Waals surface area contributed by atoms with E-state index in [0.29, 0.717) is 24.6 Å². The van der Waals surface area contributed by atoms with Gasteiger partial charge in [-0.2, -0.15) is 0 Å². The molecular weight excluding hydrogens is 228 g/mol. The van der Waals surface area contributed by atoms with Gasteiger partial charge in [-0.05, 0) is 31.9 Å². The maximum Gasteiger partial charge on any atom is 0.251 e. The van der Waals surface area contributed by atoms with Crippen molar-refractivity contribution in [2.75, 3.05) is 6.54 Å². The lowest BCUT2D eigenvalue weighted by Gasteiger charge is -2.06. The van der Waals surface area contributed by atoms with E-state index in [9.17, 15) is 9.59 Å². The molecule has 1 aliphatic rings. The summed E-state index contributed by atoms with van der Waals surface area (Å²) in [5.74, 6) is -0.111. The summed E-state index contributed by atoms with van der Waals surface area (Å²) < 4.78 is 0. The highest BCUT2D eigenvalue weighted by molar-refractivity contribution is 5.94. The quantitative estimate of drug-likeness (QED) is 0.825. The van der Waals surface area contributed by atoms with Gasteiger partial charge in [-0.3, -0.25) is 9.59 Å². The van der Waals surface area contributed by atoms with Crippen molar-refractivity contribution in [1.82, 2.24) is 10.6 Å². The molecule has 2 N–H and O–H groups in total. The van der Waals surface area contributed by atoms with Gasteiger partial charge in [0.05, 0.1) is 0 Å². The topological polar surface area (TPSA) is 58.2 Å². The minimum atomic E-state index is -0.127. The van der Waals surface area contributed by atoms with E-state index in [1.54, 1.807) is 6.07 Å². The minimum absolute atomic E-state index is 0.0158. The molecular formula is C14H18N2O2. The molecule has 1 saturated carbocycles. The summed E-state index contributed by atoms with van der Waals surface area (Å²) in [6, 6.07) is 7.78. The van der Waals surface area contributed by atoms with E-state index in [2.05, 4.69) is 10.6 Å². The molecule has 0 aromatic heterocycles. The largest absolute Gasteiger partial charge is 0.353 e. The molecule has 0 unspecified atom stereocenters. The van der Waals surface area contributed by atoms with Gasteiger partial charge in [0.2, 0.25) is 5.91 Å². The monoisotopic (exact) mass is 246 g/mol. The first-order valence-corrected chi connectivity index (χ1v) is 6.29. The number of carbonyl (C=O) groups is 2. The van der Waals surface area contributed by atoms with Crippen LogP contribution in [-0.2, 0) is 4.79 Å². The van der Waals surface area contributed by atoms with E-state index in [1.165, 1.54) is 0 Å². The van der Waals surface area contributed by atoms with Crippen molar-refractivity contribution in [2.24, 2.45) is 0 Å². The molecule has 0 aliphatic heterocycles. The van der Waals surface area contributed by atoms with Crippen LogP contribution in [0.2, 0.25) is 0 Å². The van der Waals surface area contributed by atoms with Crippen LogP contribution >= 0.6 is 0 Å². The van der Waals surface area contributed by atoms with Crippen LogP contribution in [0, 0.1) is 6.92 Å². The van der Waals surface area contributed by atoms with Crippen LogP contribution in [0.4, 0.5) is 0 Å². The third-order valence-corrected chi connectivity index (χ3v) is 2.86. The minimum Gasteiger partial charge on any atom is -0.353 e. The number of nitrogens with one attached hydrogen (secondary N) is 2. The van der Waals surface area contributed by atoms with Crippen molar-refractivity contribution >= 4 is 11.8 Å². The molecule has 2 rings (SSSR count). The van der Waals surface area contributed by atoms with Crippen LogP contribution in [0.3, 0.4) is 0 Å². The van der Waals surface area contributed by atoms with Crippen molar-refractivity contribution in [2.45, 2.75) is 32.2 Å². The van der Waals surface area contributed by atoms with Crippen LogP contribution in [0.25, 0.3) is 0 Å². The Morgan fingerprint density at radius 1 is 1.33 bits per heavy atom. The van der Waals surface area contributed by atoms with Crippen LogP contribution in [0.5, 0.6) is 0 Å². The van der Waals surface area contributed by atoms with Crippen LogP contribution in [0.15, 0.2) is 24.3 Å². The predicted octanol–water partition coefficient (Wildman–Crippen LogP) is 1.39. The summed E-state index contributed by atoms with van der Waals surface area (Å²) in [7, 11) is 0. The molecule has 0 bridgehead atoms. The molecule has 4 nitrogen and oxygen atoms in total. The summed E-state index contributed by atoms with van der Waals surface area (Å²) in [6.45, 7) is 2.32. The molecule has 0 heterocycles. The van der Waals surface area contributed by atoms with Crippen molar-refractivity contribution < 1.29 is 9.59 Å². The Hall–Kier alpha value is -1.84. The normalized spacial score (nSPS) is 14.1. The first kappa shape index (κ1) is 12.6. The molecule has 2 amide bonds. The van der Waals surface area contributed by atoms with E-state index in [4.69, 9.17) is 0 Å².